The lowest BCUT2D eigenvalue weighted by molar-refractivity contribution is -0.135. The molecule has 0 amide bonds. The zero-order valence-corrected chi connectivity index (χ0v) is 11.7. The second-order valence-electron chi connectivity index (χ2n) is 5.19. The molecule has 1 aromatic carbocycles. The van der Waals surface area contributed by atoms with Crippen LogP contribution >= 0.6 is 0 Å². The summed E-state index contributed by atoms with van der Waals surface area (Å²) in [6.45, 7) is 4.29. The van der Waals surface area contributed by atoms with Crippen molar-refractivity contribution in [2.45, 2.75) is 39.0 Å². The first-order valence-corrected chi connectivity index (χ1v) is 7.31. The summed E-state index contributed by atoms with van der Waals surface area (Å²) in [5, 5.41) is 3.42. The van der Waals surface area contributed by atoms with Crippen molar-refractivity contribution in [1.82, 2.24) is 5.32 Å². The average Bonchev–Trinajstić information content (AvgIpc) is 3.25. The summed E-state index contributed by atoms with van der Waals surface area (Å²) in [7, 11) is 0. The molecule has 1 aliphatic rings. The monoisotopic (exact) mass is 261 g/mol. The van der Waals surface area contributed by atoms with Gasteiger partial charge in [-0.2, -0.15) is 0 Å². The normalized spacial score (nSPS) is 14.4. The van der Waals surface area contributed by atoms with Gasteiger partial charge in [0.15, 0.2) is 0 Å². The number of hydrogen-bond acceptors (Lipinski definition) is 3. The largest absolute Gasteiger partial charge is 0.426 e. The Labute approximate surface area is 115 Å². The van der Waals surface area contributed by atoms with Crippen LogP contribution in [0.3, 0.4) is 0 Å². The molecule has 1 fully saturated rings. The van der Waals surface area contributed by atoms with Crippen molar-refractivity contribution >= 4 is 5.97 Å². The van der Waals surface area contributed by atoms with E-state index in [0.717, 1.165) is 32.4 Å². The van der Waals surface area contributed by atoms with Crippen LogP contribution in [0, 0.1) is 5.92 Å². The average molecular weight is 261 g/mol. The lowest BCUT2D eigenvalue weighted by Crippen LogP contribution is -2.18. The van der Waals surface area contributed by atoms with Crippen molar-refractivity contribution in [2.75, 3.05) is 13.1 Å². The molecule has 0 unspecified atom stereocenters. The quantitative estimate of drug-likeness (QED) is 0.444. The molecule has 19 heavy (non-hydrogen) atoms. The lowest BCUT2D eigenvalue weighted by Gasteiger charge is -2.06. The van der Waals surface area contributed by atoms with E-state index in [9.17, 15) is 4.79 Å². The minimum atomic E-state index is -0.0750. The van der Waals surface area contributed by atoms with Gasteiger partial charge in [-0.1, -0.05) is 25.5 Å². The molecule has 0 bridgehead atoms. The van der Waals surface area contributed by atoms with Crippen molar-refractivity contribution in [3.8, 4) is 5.75 Å². The molecule has 0 atom stereocenters. The van der Waals surface area contributed by atoms with Crippen LogP contribution in [-0.2, 0) is 11.2 Å². The Balaban J connectivity index is 1.70. The van der Waals surface area contributed by atoms with Gasteiger partial charge in [0.2, 0.25) is 0 Å². The summed E-state index contributed by atoms with van der Waals surface area (Å²) >= 11 is 0. The van der Waals surface area contributed by atoms with E-state index in [1.165, 1.54) is 18.4 Å². The number of esters is 1. The summed E-state index contributed by atoms with van der Waals surface area (Å²) in [4.78, 5) is 11.5. The molecular formula is C16H23NO2. The molecule has 0 spiro atoms. The number of carbonyl (C=O) groups excluding carboxylic acids is 1. The number of unbranched alkanes of at least 4 members (excludes halogenated alkanes) is 1. The van der Waals surface area contributed by atoms with Crippen molar-refractivity contribution < 1.29 is 9.53 Å². The molecule has 0 aliphatic heterocycles. The first kappa shape index (κ1) is 14.1. The molecule has 1 saturated carbocycles. The van der Waals surface area contributed by atoms with Crippen LogP contribution in [0.4, 0.5) is 0 Å². The first-order valence-electron chi connectivity index (χ1n) is 7.31. The van der Waals surface area contributed by atoms with Gasteiger partial charge in [-0.05, 0) is 56.5 Å². The highest BCUT2D eigenvalue weighted by Gasteiger charge is 2.31. The third-order valence-electron chi connectivity index (χ3n) is 3.35. The highest BCUT2D eigenvalue weighted by molar-refractivity contribution is 5.77. The predicted molar refractivity (Wildman–Crippen MR) is 76.3 cm³/mol. The molecule has 0 aromatic heterocycles. The SMILES string of the molecule is CCCCNCCc1ccc(OC(=O)C2CC2)cc1. The molecule has 1 aliphatic carbocycles. The minimum Gasteiger partial charge on any atom is -0.426 e. The van der Waals surface area contributed by atoms with Crippen LogP contribution in [-0.4, -0.2) is 19.1 Å². The Hall–Kier alpha value is -1.35. The molecule has 1 aromatic rings. The molecule has 0 saturated heterocycles. The topological polar surface area (TPSA) is 38.3 Å². The predicted octanol–water partition coefficient (Wildman–Crippen LogP) is 2.93. The highest BCUT2D eigenvalue weighted by Crippen LogP contribution is 2.30. The van der Waals surface area contributed by atoms with Gasteiger partial charge < -0.3 is 10.1 Å². The molecule has 2 rings (SSSR count). The maximum absolute atomic E-state index is 11.5. The number of ether oxygens (including phenoxy) is 1. The van der Waals surface area contributed by atoms with E-state index in [4.69, 9.17) is 4.74 Å². The third-order valence-corrected chi connectivity index (χ3v) is 3.35. The minimum absolute atomic E-state index is 0.0750. The Bertz CT molecular complexity index is 396. The third kappa shape index (κ3) is 5.03. The van der Waals surface area contributed by atoms with E-state index in [0.29, 0.717) is 5.75 Å². The summed E-state index contributed by atoms with van der Waals surface area (Å²) in [5.74, 6) is 0.746. The van der Waals surface area contributed by atoms with Crippen LogP contribution in [0.2, 0.25) is 0 Å². The van der Waals surface area contributed by atoms with Crippen LogP contribution in [0.1, 0.15) is 38.2 Å². The van der Waals surface area contributed by atoms with E-state index in [2.05, 4.69) is 12.2 Å². The van der Waals surface area contributed by atoms with E-state index in [1.54, 1.807) is 0 Å². The highest BCUT2D eigenvalue weighted by atomic mass is 16.5. The second-order valence-corrected chi connectivity index (χ2v) is 5.19. The number of nitrogens with one attached hydrogen (secondary N) is 1. The summed E-state index contributed by atoms with van der Waals surface area (Å²) in [5.41, 5.74) is 1.27. The number of carbonyl (C=O) groups is 1. The van der Waals surface area contributed by atoms with E-state index in [1.807, 2.05) is 24.3 Å². The molecule has 1 N–H and O–H groups in total. The maximum atomic E-state index is 11.5. The van der Waals surface area contributed by atoms with Crippen molar-refractivity contribution in [3.05, 3.63) is 29.8 Å². The molecular weight excluding hydrogens is 238 g/mol. The molecule has 0 radical (unpaired) electrons. The number of hydrogen-bond donors (Lipinski definition) is 1. The first-order chi connectivity index (χ1) is 9.29. The Morgan fingerprint density at radius 3 is 2.63 bits per heavy atom. The molecule has 3 heteroatoms. The Morgan fingerprint density at radius 2 is 2.00 bits per heavy atom. The van der Waals surface area contributed by atoms with Gasteiger partial charge >= 0.3 is 5.97 Å². The standard InChI is InChI=1S/C16H23NO2/c1-2-3-11-17-12-10-13-4-8-15(9-5-13)19-16(18)14-6-7-14/h4-5,8-9,14,17H,2-3,6-7,10-12H2,1H3. The second kappa shape index (κ2) is 7.29. The summed E-state index contributed by atoms with van der Waals surface area (Å²) < 4.78 is 5.30. The van der Waals surface area contributed by atoms with Gasteiger partial charge in [-0.25, -0.2) is 0 Å². The summed E-state index contributed by atoms with van der Waals surface area (Å²) in [6, 6.07) is 7.86. The smallest absolute Gasteiger partial charge is 0.314 e. The molecule has 0 heterocycles. The van der Waals surface area contributed by atoms with Crippen LogP contribution < -0.4 is 10.1 Å². The van der Waals surface area contributed by atoms with E-state index in [-0.39, 0.29) is 11.9 Å². The van der Waals surface area contributed by atoms with E-state index >= 15 is 0 Å². The van der Waals surface area contributed by atoms with Crippen LogP contribution in [0.15, 0.2) is 24.3 Å². The van der Waals surface area contributed by atoms with Crippen molar-refractivity contribution in [1.29, 1.82) is 0 Å². The zero-order chi connectivity index (χ0) is 13.5. The molecule has 104 valence electrons. The zero-order valence-electron chi connectivity index (χ0n) is 11.7. The van der Waals surface area contributed by atoms with Gasteiger partial charge in [0, 0.05) is 0 Å². The molecule has 3 nitrogen and oxygen atoms in total. The number of benzene rings is 1. The van der Waals surface area contributed by atoms with Crippen molar-refractivity contribution in [2.24, 2.45) is 5.92 Å². The van der Waals surface area contributed by atoms with Gasteiger partial charge in [0.1, 0.15) is 5.75 Å². The van der Waals surface area contributed by atoms with Crippen LogP contribution in [0.25, 0.3) is 0 Å². The van der Waals surface area contributed by atoms with Gasteiger partial charge in [-0.3, -0.25) is 4.79 Å². The lowest BCUT2D eigenvalue weighted by atomic mass is 10.1. The van der Waals surface area contributed by atoms with Gasteiger partial charge in [-0.15, -0.1) is 0 Å². The Kier molecular flexibility index (Phi) is 5.40. The number of rotatable bonds is 8. The Morgan fingerprint density at radius 1 is 1.26 bits per heavy atom. The van der Waals surface area contributed by atoms with Crippen molar-refractivity contribution in [3.63, 3.8) is 0 Å². The fourth-order valence-electron chi connectivity index (χ4n) is 1.90. The fraction of sp³-hybridized carbons (Fsp3) is 0.562. The van der Waals surface area contributed by atoms with E-state index < -0.39 is 0 Å². The van der Waals surface area contributed by atoms with Gasteiger partial charge in [0.25, 0.3) is 0 Å². The van der Waals surface area contributed by atoms with Gasteiger partial charge in [0.05, 0.1) is 5.92 Å². The fourth-order valence-corrected chi connectivity index (χ4v) is 1.90. The maximum Gasteiger partial charge on any atom is 0.314 e. The van der Waals surface area contributed by atoms with Crippen LogP contribution in [0.5, 0.6) is 5.75 Å². The summed E-state index contributed by atoms with van der Waals surface area (Å²) in [6.07, 6.45) is 5.45.